The van der Waals surface area contributed by atoms with Crippen molar-refractivity contribution in [1.82, 2.24) is 9.80 Å². The summed E-state index contributed by atoms with van der Waals surface area (Å²) in [6.45, 7) is 13.3. The molecule has 0 aromatic heterocycles. The van der Waals surface area contributed by atoms with Gasteiger partial charge in [-0.2, -0.15) is 0 Å². The van der Waals surface area contributed by atoms with E-state index < -0.39 is 5.60 Å². The lowest BCUT2D eigenvalue weighted by atomic mass is 9.75. The van der Waals surface area contributed by atoms with Crippen LogP contribution in [0.5, 0.6) is 0 Å². The molecule has 4 heteroatoms. The van der Waals surface area contributed by atoms with Crippen LogP contribution in [0.4, 0.5) is 4.79 Å². The van der Waals surface area contributed by atoms with E-state index in [1.807, 2.05) is 25.7 Å². The largest absolute Gasteiger partial charge is 0.444 e. The fraction of sp³-hybridized carbons (Fsp3) is 0.941. The Morgan fingerprint density at radius 2 is 1.81 bits per heavy atom. The number of hydrogen-bond donors (Lipinski definition) is 0. The number of hydrogen-bond acceptors (Lipinski definition) is 3. The van der Waals surface area contributed by atoms with Crippen LogP contribution >= 0.6 is 0 Å². The number of amides is 1. The Labute approximate surface area is 129 Å². The molecular formula is C17H32N2O2. The summed E-state index contributed by atoms with van der Waals surface area (Å²) in [5, 5.41) is 0. The van der Waals surface area contributed by atoms with Gasteiger partial charge in [-0.25, -0.2) is 4.79 Å². The Hall–Kier alpha value is -0.770. The molecule has 2 aliphatic heterocycles. The molecule has 1 unspecified atom stereocenters. The summed E-state index contributed by atoms with van der Waals surface area (Å²) in [4.78, 5) is 16.6. The van der Waals surface area contributed by atoms with Crippen LogP contribution in [0.25, 0.3) is 0 Å². The summed E-state index contributed by atoms with van der Waals surface area (Å²) in [7, 11) is 2.25. The Morgan fingerprint density at radius 3 is 2.24 bits per heavy atom. The van der Waals surface area contributed by atoms with Crippen LogP contribution in [-0.4, -0.2) is 54.2 Å². The van der Waals surface area contributed by atoms with Gasteiger partial charge in [-0.05, 0) is 58.4 Å². The van der Waals surface area contributed by atoms with E-state index in [0.717, 1.165) is 25.9 Å². The summed E-state index contributed by atoms with van der Waals surface area (Å²) in [6.07, 6.45) is 3.35. The molecule has 1 atom stereocenters. The third kappa shape index (κ3) is 3.91. The Kier molecular flexibility index (Phi) is 4.57. The molecule has 2 rings (SSSR count). The van der Waals surface area contributed by atoms with E-state index in [1.54, 1.807) is 0 Å². The minimum Gasteiger partial charge on any atom is -0.444 e. The molecule has 0 aromatic carbocycles. The summed E-state index contributed by atoms with van der Waals surface area (Å²) in [6, 6.07) is 0.693. The van der Waals surface area contributed by atoms with E-state index in [0.29, 0.717) is 17.4 Å². The smallest absolute Gasteiger partial charge is 0.410 e. The first-order valence-corrected chi connectivity index (χ1v) is 8.30. The fourth-order valence-electron chi connectivity index (χ4n) is 3.91. The van der Waals surface area contributed by atoms with Crippen molar-refractivity contribution in [3.63, 3.8) is 0 Å². The highest BCUT2D eigenvalue weighted by Gasteiger charge is 2.45. The Balaban J connectivity index is 1.90. The summed E-state index contributed by atoms with van der Waals surface area (Å²) >= 11 is 0. The molecule has 2 saturated heterocycles. The highest BCUT2D eigenvalue weighted by Crippen LogP contribution is 2.44. The van der Waals surface area contributed by atoms with Gasteiger partial charge in [0.2, 0.25) is 0 Å². The topological polar surface area (TPSA) is 32.8 Å². The van der Waals surface area contributed by atoms with Crippen LogP contribution in [-0.2, 0) is 4.74 Å². The van der Waals surface area contributed by atoms with Crippen molar-refractivity contribution < 1.29 is 9.53 Å². The van der Waals surface area contributed by atoms with E-state index in [2.05, 4.69) is 25.8 Å². The lowest BCUT2D eigenvalue weighted by molar-refractivity contribution is 0.0111. The van der Waals surface area contributed by atoms with Crippen LogP contribution < -0.4 is 0 Å². The van der Waals surface area contributed by atoms with Crippen LogP contribution in [0.3, 0.4) is 0 Å². The minimum absolute atomic E-state index is 0.149. The number of piperidine rings is 1. The van der Waals surface area contributed by atoms with E-state index in [-0.39, 0.29) is 6.09 Å². The van der Waals surface area contributed by atoms with Crippen LogP contribution in [0, 0.1) is 11.3 Å². The fourth-order valence-corrected chi connectivity index (χ4v) is 3.91. The molecule has 0 aromatic rings. The standard InChI is InChI=1S/C17H32N2O2/c1-13(2)14-11-17(12-18(14)6)7-9-19(10-8-17)15(20)21-16(3,4)5/h13-14H,7-12H2,1-6H3. The van der Waals surface area contributed by atoms with Crippen molar-refractivity contribution in [2.45, 2.75) is 65.5 Å². The van der Waals surface area contributed by atoms with Crippen molar-refractivity contribution in [3.8, 4) is 0 Å². The number of carbonyl (C=O) groups is 1. The van der Waals surface area contributed by atoms with Crippen molar-refractivity contribution in [1.29, 1.82) is 0 Å². The van der Waals surface area contributed by atoms with Gasteiger partial charge < -0.3 is 14.5 Å². The third-order valence-corrected chi connectivity index (χ3v) is 5.04. The van der Waals surface area contributed by atoms with Crippen LogP contribution in [0.1, 0.15) is 53.9 Å². The maximum absolute atomic E-state index is 12.1. The quantitative estimate of drug-likeness (QED) is 0.744. The maximum atomic E-state index is 12.1. The van der Waals surface area contributed by atoms with E-state index in [1.165, 1.54) is 13.0 Å². The lowest BCUT2D eigenvalue weighted by Crippen LogP contribution is -2.45. The highest BCUT2D eigenvalue weighted by molar-refractivity contribution is 5.68. The van der Waals surface area contributed by atoms with Gasteiger partial charge in [0.25, 0.3) is 0 Å². The van der Waals surface area contributed by atoms with Gasteiger partial charge >= 0.3 is 6.09 Å². The molecule has 2 heterocycles. The molecule has 1 amide bonds. The monoisotopic (exact) mass is 296 g/mol. The van der Waals surface area contributed by atoms with Gasteiger partial charge in [-0.1, -0.05) is 13.8 Å². The second kappa shape index (κ2) is 5.79. The van der Waals surface area contributed by atoms with Gasteiger partial charge in [0, 0.05) is 25.7 Å². The average molecular weight is 296 g/mol. The van der Waals surface area contributed by atoms with Gasteiger partial charge in [-0.15, -0.1) is 0 Å². The molecule has 0 aliphatic carbocycles. The molecule has 0 N–H and O–H groups in total. The number of ether oxygens (including phenoxy) is 1. The molecule has 4 nitrogen and oxygen atoms in total. The van der Waals surface area contributed by atoms with E-state index in [9.17, 15) is 4.79 Å². The number of carbonyl (C=O) groups excluding carboxylic acids is 1. The first-order valence-electron chi connectivity index (χ1n) is 8.30. The zero-order valence-electron chi connectivity index (χ0n) is 14.6. The van der Waals surface area contributed by atoms with Crippen LogP contribution in [0.15, 0.2) is 0 Å². The summed E-state index contributed by atoms with van der Waals surface area (Å²) in [5.74, 6) is 0.707. The molecule has 0 bridgehead atoms. The van der Waals surface area contributed by atoms with Gasteiger partial charge in [0.05, 0.1) is 0 Å². The van der Waals surface area contributed by atoms with Crippen molar-refractivity contribution in [2.24, 2.45) is 11.3 Å². The van der Waals surface area contributed by atoms with Crippen LogP contribution in [0.2, 0.25) is 0 Å². The molecule has 21 heavy (non-hydrogen) atoms. The first kappa shape index (κ1) is 16.6. The predicted octanol–water partition coefficient (Wildman–Crippen LogP) is 3.36. The zero-order chi connectivity index (χ0) is 15.8. The molecule has 2 fully saturated rings. The minimum atomic E-state index is -0.400. The number of nitrogens with zero attached hydrogens (tertiary/aromatic N) is 2. The molecule has 0 radical (unpaired) electrons. The van der Waals surface area contributed by atoms with Crippen molar-refractivity contribution in [2.75, 3.05) is 26.7 Å². The maximum Gasteiger partial charge on any atom is 0.410 e. The number of likely N-dealkylation sites (tertiary alicyclic amines) is 2. The zero-order valence-corrected chi connectivity index (χ0v) is 14.6. The number of rotatable bonds is 1. The summed E-state index contributed by atoms with van der Waals surface area (Å²) in [5.41, 5.74) is 0.0186. The van der Waals surface area contributed by atoms with Gasteiger partial charge in [0.1, 0.15) is 5.60 Å². The molecule has 1 spiro atoms. The SMILES string of the molecule is CC(C)C1CC2(CCN(C(=O)OC(C)(C)C)CC2)CN1C. The van der Waals surface area contributed by atoms with E-state index in [4.69, 9.17) is 4.74 Å². The molecule has 0 saturated carbocycles. The lowest BCUT2D eigenvalue weighted by Gasteiger charge is -2.39. The predicted molar refractivity (Wildman–Crippen MR) is 85.3 cm³/mol. The molecule has 2 aliphatic rings. The Morgan fingerprint density at radius 1 is 1.24 bits per heavy atom. The van der Waals surface area contributed by atoms with Gasteiger partial charge in [-0.3, -0.25) is 0 Å². The molecule has 122 valence electrons. The Bertz CT molecular complexity index is 379. The second-order valence-electron chi connectivity index (χ2n) is 8.40. The van der Waals surface area contributed by atoms with Gasteiger partial charge in [0.15, 0.2) is 0 Å². The van der Waals surface area contributed by atoms with Crippen molar-refractivity contribution >= 4 is 6.09 Å². The van der Waals surface area contributed by atoms with Crippen molar-refractivity contribution in [3.05, 3.63) is 0 Å². The van der Waals surface area contributed by atoms with E-state index >= 15 is 0 Å². The summed E-state index contributed by atoms with van der Waals surface area (Å²) < 4.78 is 5.49. The highest BCUT2D eigenvalue weighted by atomic mass is 16.6. The second-order valence-corrected chi connectivity index (χ2v) is 8.40. The molecular weight excluding hydrogens is 264 g/mol. The first-order chi connectivity index (χ1) is 9.62. The third-order valence-electron chi connectivity index (χ3n) is 5.04. The average Bonchev–Trinajstić information content (AvgIpc) is 2.65. The normalized spacial score (nSPS) is 26.6.